The number of nitrogens with two attached hydrogens (primary N) is 1. The third kappa shape index (κ3) is 15.1. The number of unbranched alkanes of at least 4 members (excludes halogenated alkanes) is 9. The third-order valence-corrected chi connectivity index (χ3v) is 14.3. The van der Waals surface area contributed by atoms with E-state index < -0.39 is 16.5 Å². The van der Waals surface area contributed by atoms with E-state index in [9.17, 15) is 19.1 Å². The number of hydrogen-bond acceptors (Lipinski definition) is 12. The van der Waals surface area contributed by atoms with E-state index >= 15 is 0 Å². The van der Waals surface area contributed by atoms with Crippen molar-refractivity contribution in [1.82, 2.24) is 0 Å². The zero-order valence-electron chi connectivity index (χ0n) is 31.8. The van der Waals surface area contributed by atoms with Crippen LogP contribution in [0.3, 0.4) is 0 Å². The molecule has 0 fully saturated rings. The van der Waals surface area contributed by atoms with Crippen LogP contribution in [0.1, 0.15) is 81.9 Å². The lowest BCUT2D eigenvalue weighted by atomic mass is 10.1. The van der Waals surface area contributed by atoms with Crippen LogP contribution >= 0.6 is 61.9 Å². The van der Waals surface area contributed by atoms with Gasteiger partial charge in [0.15, 0.2) is 5.06 Å². The molecule has 5 rings (SSSR count). The maximum atomic E-state index is 11.3. The number of hydrogen-bond donors (Lipinski definition) is 4. The first kappa shape index (κ1) is 45.3. The minimum absolute atomic E-state index is 0.159. The van der Waals surface area contributed by atoms with Gasteiger partial charge < -0.3 is 39.1 Å². The maximum absolute atomic E-state index is 11.3. The Balaban J connectivity index is 1.35. The molecule has 2 unspecified atom stereocenters. The van der Waals surface area contributed by atoms with Gasteiger partial charge in [0.2, 0.25) is 0 Å². The fourth-order valence-corrected chi connectivity index (χ4v) is 10.7. The number of benzene rings is 1. The molecule has 0 radical (unpaired) electrons. The van der Waals surface area contributed by atoms with Crippen molar-refractivity contribution in [2.75, 3.05) is 33.0 Å². The van der Waals surface area contributed by atoms with E-state index in [0.29, 0.717) is 31.4 Å². The van der Waals surface area contributed by atoms with Crippen molar-refractivity contribution >= 4 is 61.9 Å². The van der Waals surface area contributed by atoms with Crippen molar-refractivity contribution in [2.24, 2.45) is 5.73 Å². The molecule has 308 valence electrons. The highest BCUT2D eigenvalue weighted by atomic mass is 32.1. The lowest BCUT2D eigenvalue weighted by Gasteiger charge is -2.17. The summed E-state index contributed by atoms with van der Waals surface area (Å²) in [4.78, 5) is 25.3. The van der Waals surface area contributed by atoms with E-state index in [1.54, 1.807) is 40.1 Å². The van der Waals surface area contributed by atoms with Gasteiger partial charge in [-0.3, -0.25) is 4.57 Å². The average Bonchev–Trinajstić information content (AvgIpc) is 4.03. The summed E-state index contributed by atoms with van der Waals surface area (Å²) in [6.45, 7) is 2.22. The van der Waals surface area contributed by atoms with E-state index in [1.807, 2.05) is 12.1 Å². The molecular weight excluding hydrogens is 841 g/mol. The highest BCUT2D eigenvalue weighted by Crippen LogP contribution is 2.48. The van der Waals surface area contributed by atoms with Crippen molar-refractivity contribution in [1.29, 1.82) is 0 Å². The molecule has 0 saturated heterocycles. The van der Waals surface area contributed by atoms with E-state index in [4.69, 9.17) is 29.1 Å². The van der Waals surface area contributed by atoms with Gasteiger partial charge in [0.1, 0.15) is 11.5 Å². The van der Waals surface area contributed by atoms with Crippen LogP contribution in [0.15, 0.2) is 60.7 Å². The zero-order chi connectivity index (χ0) is 40.2. The summed E-state index contributed by atoms with van der Waals surface area (Å²) in [5.41, 5.74) is 7.64. The molecule has 16 heteroatoms. The van der Waals surface area contributed by atoms with E-state index in [1.165, 1.54) is 11.3 Å². The third-order valence-electron chi connectivity index (χ3n) is 8.73. The van der Waals surface area contributed by atoms with Gasteiger partial charge in [-0.25, -0.2) is 4.57 Å². The second-order valence-electron chi connectivity index (χ2n) is 13.1. The molecule has 2 atom stereocenters. The van der Waals surface area contributed by atoms with Crippen LogP contribution in [-0.2, 0) is 13.7 Å². The molecule has 0 aliphatic carbocycles. The van der Waals surface area contributed by atoms with Crippen molar-refractivity contribution < 1.29 is 42.5 Å². The minimum atomic E-state index is -3.08. The monoisotopic (exact) mass is 891 g/mol. The molecule has 0 aliphatic rings. The Morgan fingerprint density at radius 2 is 1.11 bits per heavy atom. The van der Waals surface area contributed by atoms with Crippen molar-refractivity contribution in [2.45, 2.75) is 77.0 Å². The highest BCUT2D eigenvalue weighted by Gasteiger charge is 2.20. The summed E-state index contributed by atoms with van der Waals surface area (Å²) < 4.78 is 44.7. The Morgan fingerprint density at radius 3 is 1.74 bits per heavy atom. The molecule has 10 nitrogen and oxygen atoms in total. The minimum Gasteiger partial charge on any atom is -0.493 e. The number of aliphatic hydroxyl groups excluding tert-OH is 1. The van der Waals surface area contributed by atoms with Crippen LogP contribution in [0.25, 0.3) is 40.4 Å². The normalized spacial score (nSPS) is 12.3. The fraction of sp³-hybridized carbons (Fsp3) is 0.415. The molecule has 0 spiro atoms. The largest absolute Gasteiger partial charge is 0.493 e. The molecule has 0 aliphatic heterocycles. The van der Waals surface area contributed by atoms with Gasteiger partial charge in [-0.2, -0.15) is 0 Å². The summed E-state index contributed by atoms with van der Waals surface area (Å²) in [7, 11) is -5.91. The molecule has 57 heavy (non-hydrogen) atoms. The van der Waals surface area contributed by atoms with Gasteiger partial charge in [0.05, 0.1) is 24.7 Å². The Labute approximate surface area is 352 Å². The van der Waals surface area contributed by atoms with E-state index in [2.05, 4.69) is 54.3 Å². The van der Waals surface area contributed by atoms with E-state index in [0.717, 1.165) is 134 Å². The molecule has 1 aromatic carbocycles. The van der Waals surface area contributed by atoms with Crippen LogP contribution in [0.2, 0.25) is 0 Å². The maximum Gasteiger partial charge on any atom is 0.365 e. The van der Waals surface area contributed by atoms with Gasteiger partial charge in [-0.15, -0.1) is 34.0 Å². The molecule has 5 N–H and O–H groups in total. The topological polar surface area (TPSA) is 158 Å². The average molecular weight is 892 g/mol. The molecule has 4 aromatic heterocycles. The van der Waals surface area contributed by atoms with Crippen molar-refractivity contribution in [3.05, 3.63) is 65.5 Å². The second kappa shape index (κ2) is 25.0. The lowest BCUT2D eigenvalue weighted by Crippen LogP contribution is -2.03. The van der Waals surface area contributed by atoms with Crippen LogP contribution in [0.4, 0.5) is 0 Å². The zero-order valence-corrected chi connectivity index (χ0v) is 37.1. The quantitative estimate of drug-likeness (QED) is 0.0239. The van der Waals surface area contributed by atoms with E-state index in [-0.39, 0.29) is 6.61 Å². The molecule has 0 amide bonds. The van der Waals surface area contributed by atoms with Crippen LogP contribution in [0.5, 0.6) is 16.6 Å². The first-order chi connectivity index (χ1) is 27.8. The molecule has 0 saturated carbocycles. The number of ether oxygens (including phenoxy) is 2. The Kier molecular flexibility index (Phi) is 19.9. The summed E-state index contributed by atoms with van der Waals surface area (Å²) in [6.07, 6.45) is 11.0. The predicted octanol–water partition coefficient (Wildman–Crippen LogP) is 11.5. The van der Waals surface area contributed by atoms with Gasteiger partial charge in [0, 0.05) is 53.4 Å². The summed E-state index contributed by atoms with van der Waals surface area (Å²) >= 11 is 6.34. The Hall–Kier alpha value is -2.76. The molecule has 4 heterocycles. The fourth-order valence-electron chi connectivity index (χ4n) is 5.88. The van der Waals surface area contributed by atoms with Gasteiger partial charge in [0.25, 0.3) is 0 Å². The first-order valence-corrected chi connectivity index (χ1v) is 25.0. The van der Waals surface area contributed by atoms with Crippen LogP contribution in [0, 0.1) is 11.8 Å². The van der Waals surface area contributed by atoms with Crippen LogP contribution in [-0.4, -0.2) is 47.9 Å². The predicted molar refractivity (Wildman–Crippen MR) is 238 cm³/mol. The standard InChI is InChI=1S/C41H51NO9P2S4/c42-23-9-6-11-25-48-33-29-32(36-18-20-39(56-36)40-21-22-41(57-40)51-53(46)47)34(49-26-12-7-10-24-43)28-31(33)35-17-19-38(55-35)37-16-15-30(54-37)14-8-4-2-1-3-5-13-27-50-52(44)45/h15-22,28-29,43,52-53H,1-7,9-13,23-27,42H2,(H,44,45)(H,46,47). The van der Waals surface area contributed by atoms with Crippen molar-refractivity contribution in [3.8, 4) is 68.8 Å². The Bertz CT molecular complexity index is 2080. The number of aliphatic hydroxyl groups is 1. The smallest absolute Gasteiger partial charge is 0.365 e. The number of thiophene rings is 4. The lowest BCUT2D eigenvalue weighted by molar-refractivity contribution is 0.266. The first-order valence-electron chi connectivity index (χ1n) is 19.3. The summed E-state index contributed by atoms with van der Waals surface area (Å²) in [5, 5.41) is 9.71. The van der Waals surface area contributed by atoms with Crippen LogP contribution < -0.4 is 19.7 Å². The van der Waals surface area contributed by atoms with Gasteiger partial charge in [-0.1, -0.05) is 42.4 Å². The van der Waals surface area contributed by atoms with Gasteiger partial charge in [-0.05, 0) is 119 Å². The molecule has 0 bridgehead atoms. The second-order valence-corrected chi connectivity index (χ2v) is 18.9. The van der Waals surface area contributed by atoms with Crippen molar-refractivity contribution in [3.63, 3.8) is 0 Å². The molecule has 5 aromatic rings. The number of rotatable bonds is 26. The SMILES string of the molecule is NCCCCCOc1cc(-c2ccc(-c3ccc(O[PH](=O)O)s3)s2)c(OCCCCCO)cc1-c1ccc(-c2ccc(C#CCCCCCCCO[PH](=O)O)s2)s1. The van der Waals surface area contributed by atoms with Gasteiger partial charge >= 0.3 is 16.5 Å². The highest BCUT2D eigenvalue weighted by molar-refractivity contribution is 7.33. The molecular formula is C41H51NO9P2S4. The summed E-state index contributed by atoms with van der Waals surface area (Å²) in [6, 6.07) is 20.4. The summed E-state index contributed by atoms with van der Waals surface area (Å²) in [5.74, 6) is 8.19. The Morgan fingerprint density at radius 1 is 0.579 bits per heavy atom.